The summed E-state index contributed by atoms with van der Waals surface area (Å²) < 4.78 is 23.3. The van der Waals surface area contributed by atoms with Gasteiger partial charge in [0.1, 0.15) is 5.82 Å². The van der Waals surface area contributed by atoms with Crippen molar-refractivity contribution in [2.24, 2.45) is 5.14 Å². The number of carbonyl (C=O) groups excluding carboxylic acids is 1. The van der Waals surface area contributed by atoms with Gasteiger partial charge in [-0.1, -0.05) is 18.9 Å². The third-order valence-electron chi connectivity index (χ3n) is 5.12. The second kappa shape index (κ2) is 8.95. The van der Waals surface area contributed by atoms with Crippen molar-refractivity contribution < 1.29 is 13.2 Å². The van der Waals surface area contributed by atoms with Gasteiger partial charge in [0.25, 0.3) is 5.91 Å². The van der Waals surface area contributed by atoms with Gasteiger partial charge in [0.2, 0.25) is 10.0 Å². The van der Waals surface area contributed by atoms with Gasteiger partial charge in [-0.2, -0.15) is 0 Å². The van der Waals surface area contributed by atoms with Crippen molar-refractivity contribution in [3.63, 3.8) is 0 Å². The monoisotopic (exact) mass is 450 g/mol. The molecule has 1 aromatic heterocycles. The Bertz CT molecular complexity index is 1020. The lowest BCUT2D eigenvalue weighted by Crippen LogP contribution is -2.28. The van der Waals surface area contributed by atoms with Crippen LogP contribution in [0.15, 0.2) is 46.3 Å². The van der Waals surface area contributed by atoms with E-state index in [1.165, 1.54) is 25.0 Å². The van der Waals surface area contributed by atoms with Gasteiger partial charge in [-0.25, -0.2) is 28.6 Å². The number of anilines is 2. The molecule has 2 heterocycles. The van der Waals surface area contributed by atoms with E-state index in [2.05, 4.69) is 29.0 Å². The predicted molar refractivity (Wildman–Crippen MR) is 124 cm³/mol. The molecule has 1 aromatic carbocycles. The number of nitrogens with zero attached hydrogens (tertiary/aromatic N) is 2. The molecule has 7 nitrogen and oxygen atoms in total. The van der Waals surface area contributed by atoms with E-state index in [1.54, 1.807) is 12.1 Å². The van der Waals surface area contributed by atoms with E-state index in [1.807, 2.05) is 12.3 Å². The lowest BCUT2D eigenvalue weighted by atomic mass is 10.2. The van der Waals surface area contributed by atoms with Crippen LogP contribution in [0.3, 0.4) is 0 Å². The summed E-state index contributed by atoms with van der Waals surface area (Å²) in [6.45, 7) is 1.74. The molecule has 1 aliphatic heterocycles. The summed E-state index contributed by atoms with van der Waals surface area (Å²) in [7, 11) is -4.92. The van der Waals surface area contributed by atoms with E-state index in [0.717, 1.165) is 30.8 Å². The number of primary sulfonamides is 1. The van der Waals surface area contributed by atoms with Crippen LogP contribution in [0.4, 0.5) is 11.5 Å². The Labute approximate surface area is 180 Å². The highest BCUT2D eigenvalue weighted by Crippen LogP contribution is 2.45. The van der Waals surface area contributed by atoms with Crippen LogP contribution in [0.2, 0.25) is 0 Å². The first-order chi connectivity index (χ1) is 14.1. The maximum Gasteiger partial charge on any atom is 0.259 e. The number of hydrogen-bond donors (Lipinski definition) is 2. The van der Waals surface area contributed by atoms with Gasteiger partial charge in [0, 0.05) is 29.9 Å². The van der Waals surface area contributed by atoms with Crippen LogP contribution in [-0.2, 0) is 10.0 Å². The first-order valence-corrected chi connectivity index (χ1v) is 14.3. The van der Waals surface area contributed by atoms with Crippen LogP contribution < -0.4 is 15.4 Å². The Kier molecular flexibility index (Phi) is 6.74. The largest absolute Gasteiger partial charge is 0.356 e. The molecule has 3 rings (SSSR count). The van der Waals surface area contributed by atoms with E-state index in [-0.39, 0.29) is 10.8 Å². The summed E-state index contributed by atoms with van der Waals surface area (Å²) >= 11 is 0. The Balaban J connectivity index is 1.98. The van der Waals surface area contributed by atoms with Crippen molar-refractivity contribution in [3.8, 4) is 0 Å². The van der Waals surface area contributed by atoms with Gasteiger partial charge in [0.15, 0.2) is 0 Å². The van der Waals surface area contributed by atoms with Gasteiger partial charge in [-0.05, 0) is 55.9 Å². The topological polar surface area (TPSA) is 105 Å². The van der Waals surface area contributed by atoms with E-state index in [4.69, 9.17) is 10.1 Å². The second-order valence-corrected chi connectivity index (χ2v) is 14.0. The van der Waals surface area contributed by atoms with Gasteiger partial charge in [-0.3, -0.25) is 4.79 Å². The van der Waals surface area contributed by atoms with Crippen LogP contribution in [0.25, 0.3) is 0 Å². The fraction of sp³-hybridized carbons (Fsp3) is 0.429. The van der Waals surface area contributed by atoms with Crippen molar-refractivity contribution >= 4 is 37.5 Å². The number of nitrogens with one attached hydrogen (secondary N) is 1. The van der Waals surface area contributed by atoms with Crippen LogP contribution in [0.5, 0.6) is 0 Å². The quantitative estimate of drug-likeness (QED) is 0.726. The minimum absolute atomic E-state index is 0.0425. The molecule has 164 valence electrons. The van der Waals surface area contributed by atoms with Crippen molar-refractivity contribution in [2.75, 3.05) is 42.1 Å². The van der Waals surface area contributed by atoms with Crippen molar-refractivity contribution in [3.05, 3.63) is 42.1 Å². The molecule has 0 spiro atoms. The zero-order chi connectivity index (χ0) is 21.9. The maximum absolute atomic E-state index is 13.3. The van der Waals surface area contributed by atoms with Gasteiger partial charge in [-0.15, -0.1) is 0 Å². The molecule has 1 fully saturated rings. The van der Waals surface area contributed by atoms with E-state index >= 15 is 0 Å². The molecule has 1 aliphatic rings. The number of rotatable bonds is 5. The third-order valence-corrected chi connectivity index (χ3v) is 7.67. The number of benzene rings is 1. The standard InChI is InChI=1S/C21H30N4O3S2/c1-29(2,3)18-14-19(20(23-15-18)25-11-6-4-5-7-12-25)21(26)24-16-9-8-10-17(13-16)30(22,27)28/h8-10,13-15H,4-7,11-12H2,1-3H3,(H,24,26)(H2,22,27,28). The molecule has 1 amide bonds. The number of aromatic nitrogens is 1. The Morgan fingerprint density at radius 3 is 2.30 bits per heavy atom. The third kappa shape index (κ3) is 5.53. The number of nitrogens with two attached hydrogens (primary N) is 1. The molecular weight excluding hydrogens is 420 g/mol. The molecule has 0 atom stereocenters. The molecule has 30 heavy (non-hydrogen) atoms. The molecule has 3 N–H and O–H groups in total. The van der Waals surface area contributed by atoms with Crippen molar-refractivity contribution in [1.82, 2.24) is 4.98 Å². The molecule has 0 aliphatic carbocycles. The Hall–Kier alpha value is -2.10. The Morgan fingerprint density at radius 2 is 1.70 bits per heavy atom. The smallest absolute Gasteiger partial charge is 0.259 e. The van der Waals surface area contributed by atoms with Crippen LogP contribution >= 0.6 is 10.0 Å². The summed E-state index contributed by atoms with van der Waals surface area (Å²) in [6.07, 6.45) is 12.9. The molecule has 1 saturated heterocycles. The molecule has 9 heteroatoms. The number of pyridine rings is 1. The van der Waals surface area contributed by atoms with Crippen molar-refractivity contribution in [2.45, 2.75) is 35.5 Å². The first kappa shape index (κ1) is 22.6. The molecule has 0 unspecified atom stereocenters. The normalized spacial score (nSPS) is 16.1. The zero-order valence-corrected chi connectivity index (χ0v) is 19.4. The molecule has 0 radical (unpaired) electrons. The first-order valence-electron chi connectivity index (χ1n) is 9.93. The van der Waals surface area contributed by atoms with Crippen LogP contribution in [0.1, 0.15) is 36.0 Å². The van der Waals surface area contributed by atoms with Gasteiger partial charge in [0.05, 0.1) is 10.5 Å². The van der Waals surface area contributed by atoms with Crippen LogP contribution in [-0.4, -0.2) is 51.2 Å². The number of amides is 1. The molecule has 0 saturated carbocycles. The number of hydrogen-bond acceptors (Lipinski definition) is 5. The molecule has 2 aromatic rings. The lowest BCUT2D eigenvalue weighted by Gasteiger charge is -2.29. The van der Waals surface area contributed by atoms with E-state index in [0.29, 0.717) is 17.1 Å². The Morgan fingerprint density at radius 1 is 1.03 bits per heavy atom. The summed E-state index contributed by atoms with van der Waals surface area (Å²) in [5, 5.41) is 8.05. The second-order valence-electron chi connectivity index (χ2n) is 8.31. The maximum atomic E-state index is 13.3. The fourth-order valence-corrected chi connectivity index (χ4v) is 4.82. The van der Waals surface area contributed by atoms with Crippen LogP contribution in [0, 0.1) is 0 Å². The minimum Gasteiger partial charge on any atom is -0.356 e. The minimum atomic E-state index is -3.85. The van der Waals surface area contributed by atoms with E-state index < -0.39 is 20.1 Å². The average Bonchev–Trinajstić information content (AvgIpc) is 2.96. The SMILES string of the molecule is CS(C)(C)c1cnc(N2CCCCCC2)c(C(=O)Nc2cccc(S(N)(=O)=O)c2)c1. The lowest BCUT2D eigenvalue weighted by molar-refractivity contribution is 0.102. The van der Waals surface area contributed by atoms with E-state index in [9.17, 15) is 13.2 Å². The number of sulfonamides is 1. The van der Waals surface area contributed by atoms with Crippen molar-refractivity contribution in [1.29, 1.82) is 0 Å². The van der Waals surface area contributed by atoms with Gasteiger partial charge < -0.3 is 10.2 Å². The zero-order valence-electron chi connectivity index (χ0n) is 17.7. The summed E-state index contributed by atoms with van der Waals surface area (Å²) in [5.74, 6) is 0.378. The summed E-state index contributed by atoms with van der Waals surface area (Å²) in [5.41, 5.74) is 0.889. The highest BCUT2D eigenvalue weighted by Gasteiger charge is 2.22. The molecular formula is C21H30N4O3S2. The highest BCUT2D eigenvalue weighted by molar-refractivity contribution is 8.32. The molecule has 0 bridgehead atoms. The summed E-state index contributed by atoms with van der Waals surface area (Å²) in [6, 6.07) is 7.90. The average molecular weight is 451 g/mol. The number of carbonyl (C=O) groups is 1. The van der Waals surface area contributed by atoms with Gasteiger partial charge >= 0.3 is 0 Å². The fourth-order valence-electron chi connectivity index (χ4n) is 3.42. The predicted octanol–water partition coefficient (Wildman–Crippen LogP) is 3.41. The highest BCUT2D eigenvalue weighted by atomic mass is 32.3. The summed E-state index contributed by atoms with van der Waals surface area (Å²) in [4.78, 5) is 21.1.